The Morgan fingerprint density at radius 3 is 2.39 bits per heavy atom. The van der Waals surface area contributed by atoms with Crippen LogP contribution in [0.1, 0.15) is 25.3 Å². The fourth-order valence-corrected chi connectivity index (χ4v) is 2.45. The Morgan fingerprint density at radius 2 is 1.79 bits per heavy atom. The highest BCUT2D eigenvalue weighted by Gasteiger charge is 2.22. The van der Waals surface area contributed by atoms with Gasteiger partial charge in [-0.3, -0.25) is 9.59 Å². The second kappa shape index (κ2) is 10.3. The number of amides is 2. The summed E-state index contributed by atoms with van der Waals surface area (Å²) in [6.07, 6.45) is -3.56. The number of alkyl halides is 3. The van der Waals surface area contributed by atoms with Crippen LogP contribution in [0.25, 0.3) is 0 Å². The molecule has 1 atom stereocenters. The van der Waals surface area contributed by atoms with Gasteiger partial charge in [0, 0.05) is 38.5 Å². The zero-order chi connectivity index (χ0) is 21.5. The molecule has 3 N–H and O–H groups in total. The van der Waals surface area contributed by atoms with Crippen molar-refractivity contribution in [2.45, 2.75) is 38.4 Å². The van der Waals surface area contributed by atoms with E-state index >= 15 is 0 Å². The van der Waals surface area contributed by atoms with Gasteiger partial charge in [-0.15, -0.1) is 0 Å². The van der Waals surface area contributed by atoms with Crippen molar-refractivity contribution in [1.82, 2.24) is 10.2 Å². The van der Waals surface area contributed by atoms with Crippen LogP contribution >= 0.6 is 0 Å². The van der Waals surface area contributed by atoms with Crippen molar-refractivity contribution in [2.75, 3.05) is 19.6 Å². The average molecular weight is 413 g/mol. The van der Waals surface area contributed by atoms with Gasteiger partial charge in [0.15, 0.2) is 11.6 Å². The van der Waals surface area contributed by atoms with E-state index in [1.54, 1.807) is 0 Å². The predicted octanol–water partition coefficient (Wildman–Crippen LogP) is 2.28. The van der Waals surface area contributed by atoms with Crippen molar-refractivity contribution in [1.29, 1.82) is 0 Å². The molecular formula is C17H21F6N3O2. The number of nitrogens with one attached hydrogen (secondary N) is 1. The molecule has 0 radical (unpaired) electrons. The largest absolute Gasteiger partial charge is 0.386 e. The van der Waals surface area contributed by atoms with E-state index in [1.807, 2.05) is 0 Å². The minimum absolute atomic E-state index is 0.0366. The van der Waals surface area contributed by atoms with Crippen LogP contribution in [0.2, 0.25) is 0 Å². The van der Waals surface area contributed by atoms with E-state index < -0.39 is 29.7 Å². The number of nitrogens with zero attached hydrogens (tertiary/aromatic N) is 1. The number of halogens is 6. The lowest BCUT2D eigenvalue weighted by Crippen LogP contribution is -2.40. The first kappa shape index (κ1) is 23.7. The Bertz CT molecular complexity index is 690. The van der Waals surface area contributed by atoms with E-state index in [1.165, 1.54) is 4.90 Å². The van der Waals surface area contributed by atoms with Crippen molar-refractivity contribution < 1.29 is 35.9 Å². The number of rotatable bonds is 4. The highest BCUT2D eigenvalue weighted by Crippen LogP contribution is 2.16. The molecule has 158 valence electrons. The van der Waals surface area contributed by atoms with Crippen molar-refractivity contribution in [3.05, 3.63) is 35.1 Å². The number of nitrogens with two attached hydrogens (primary N) is 1. The summed E-state index contributed by atoms with van der Waals surface area (Å²) in [4.78, 5) is 25.0. The van der Waals surface area contributed by atoms with Gasteiger partial charge in [0.1, 0.15) is 5.82 Å². The molecule has 0 saturated carbocycles. The molecule has 0 bridgehead atoms. The van der Waals surface area contributed by atoms with Crippen LogP contribution in [0.4, 0.5) is 26.3 Å². The summed E-state index contributed by atoms with van der Waals surface area (Å²) in [5.74, 6) is -3.90. The van der Waals surface area contributed by atoms with Gasteiger partial charge in [-0.2, -0.15) is 13.2 Å². The summed E-state index contributed by atoms with van der Waals surface area (Å²) in [6.45, 7) is 1.09. The van der Waals surface area contributed by atoms with Crippen LogP contribution in [-0.2, 0) is 16.0 Å². The SMILES string of the molecule is CC(F)(F)F.NC(CC(=O)N1CCCNC(=O)C1)Cc1cc(F)c(F)cc1F. The fourth-order valence-electron chi connectivity index (χ4n) is 2.45. The van der Waals surface area contributed by atoms with Gasteiger partial charge in [-0.05, 0) is 24.5 Å². The number of carbonyl (C=O) groups is 2. The summed E-state index contributed by atoms with van der Waals surface area (Å²) in [7, 11) is 0. The third kappa shape index (κ3) is 9.07. The summed E-state index contributed by atoms with van der Waals surface area (Å²) in [6, 6.07) is 0.445. The maximum Gasteiger partial charge on any atom is 0.386 e. The average Bonchev–Trinajstić information content (AvgIpc) is 2.75. The number of hydrogen-bond acceptors (Lipinski definition) is 3. The number of benzene rings is 1. The normalized spacial score (nSPS) is 15.9. The molecule has 1 unspecified atom stereocenters. The van der Waals surface area contributed by atoms with Gasteiger partial charge < -0.3 is 16.0 Å². The Balaban J connectivity index is 0.000000696. The lowest BCUT2D eigenvalue weighted by atomic mass is 10.0. The molecule has 1 aromatic rings. The van der Waals surface area contributed by atoms with Gasteiger partial charge in [0.25, 0.3) is 0 Å². The molecule has 1 fully saturated rings. The number of carbonyl (C=O) groups excluding carboxylic acids is 2. The smallest absolute Gasteiger partial charge is 0.354 e. The van der Waals surface area contributed by atoms with E-state index in [-0.39, 0.29) is 43.7 Å². The fraction of sp³-hybridized carbons (Fsp3) is 0.529. The van der Waals surface area contributed by atoms with Gasteiger partial charge in [-0.25, -0.2) is 13.2 Å². The molecule has 0 aliphatic carbocycles. The Morgan fingerprint density at radius 1 is 1.21 bits per heavy atom. The minimum atomic E-state index is -4.00. The molecular weight excluding hydrogens is 392 g/mol. The van der Waals surface area contributed by atoms with Crippen LogP contribution in [-0.4, -0.2) is 48.6 Å². The van der Waals surface area contributed by atoms with E-state index in [4.69, 9.17) is 5.73 Å². The molecule has 2 rings (SSSR count). The molecule has 5 nitrogen and oxygen atoms in total. The first-order chi connectivity index (χ1) is 12.9. The molecule has 0 spiro atoms. The minimum Gasteiger partial charge on any atom is -0.354 e. The van der Waals surface area contributed by atoms with E-state index in [0.717, 1.165) is 6.07 Å². The molecule has 28 heavy (non-hydrogen) atoms. The van der Waals surface area contributed by atoms with Crippen molar-refractivity contribution >= 4 is 11.8 Å². The van der Waals surface area contributed by atoms with Crippen LogP contribution in [0.3, 0.4) is 0 Å². The van der Waals surface area contributed by atoms with Crippen LogP contribution in [0.5, 0.6) is 0 Å². The molecule has 0 aromatic heterocycles. The summed E-state index contributed by atoms with van der Waals surface area (Å²) in [5.41, 5.74) is 5.73. The summed E-state index contributed by atoms with van der Waals surface area (Å²) >= 11 is 0. The van der Waals surface area contributed by atoms with Crippen LogP contribution in [0.15, 0.2) is 12.1 Å². The molecule has 1 aliphatic rings. The third-order valence-electron chi connectivity index (χ3n) is 3.62. The third-order valence-corrected chi connectivity index (χ3v) is 3.62. The lowest BCUT2D eigenvalue weighted by molar-refractivity contribution is -0.135. The Kier molecular flexibility index (Phi) is 8.73. The molecule has 1 saturated heterocycles. The summed E-state index contributed by atoms with van der Waals surface area (Å²) < 4.78 is 70.7. The maximum absolute atomic E-state index is 13.6. The van der Waals surface area contributed by atoms with Gasteiger partial charge in [0.2, 0.25) is 11.8 Å². The van der Waals surface area contributed by atoms with Crippen LogP contribution in [0, 0.1) is 17.5 Å². The van der Waals surface area contributed by atoms with Crippen molar-refractivity contribution in [2.24, 2.45) is 5.73 Å². The van der Waals surface area contributed by atoms with Crippen LogP contribution < -0.4 is 11.1 Å². The summed E-state index contributed by atoms with van der Waals surface area (Å²) in [5, 5.41) is 2.65. The number of hydrogen-bond donors (Lipinski definition) is 2. The van der Waals surface area contributed by atoms with Crippen molar-refractivity contribution in [3.63, 3.8) is 0 Å². The Hall–Kier alpha value is -2.30. The first-order valence-corrected chi connectivity index (χ1v) is 8.37. The van der Waals surface area contributed by atoms with E-state index in [2.05, 4.69) is 5.32 Å². The lowest BCUT2D eigenvalue weighted by Gasteiger charge is -2.21. The first-order valence-electron chi connectivity index (χ1n) is 8.37. The van der Waals surface area contributed by atoms with Crippen molar-refractivity contribution in [3.8, 4) is 0 Å². The standard InChI is InChI=1S/C15H18F3N3O2.C2H3F3/c16-11-7-13(18)12(17)5-9(11)4-10(19)6-15(23)21-3-1-2-20-14(22)8-21;1-2(3,4)5/h5,7,10H,1-4,6,8,19H2,(H,20,22);1H3. The molecule has 1 heterocycles. The monoisotopic (exact) mass is 413 g/mol. The highest BCUT2D eigenvalue weighted by atomic mass is 19.4. The highest BCUT2D eigenvalue weighted by molar-refractivity contribution is 5.85. The molecule has 1 aromatic carbocycles. The van der Waals surface area contributed by atoms with E-state index in [0.29, 0.717) is 25.6 Å². The second-order valence-corrected chi connectivity index (χ2v) is 6.33. The van der Waals surface area contributed by atoms with Gasteiger partial charge in [0.05, 0.1) is 6.54 Å². The molecule has 11 heteroatoms. The zero-order valence-corrected chi connectivity index (χ0v) is 15.1. The quantitative estimate of drug-likeness (QED) is 0.588. The molecule has 2 amide bonds. The second-order valence-electron chi connectivity index (χ2n) is 6.33. The van der Waals surface area contributed by atoms with Gasteiger partial charge >= 0.3 is 6.18 Å². The molecule has 1 aliphatic heterocycles. The van der Waals surface area contributed by atoms with E-state index in [9.17, 15) is 35.9 Å². The maximum atomic E-state index is 13.6. The predicted molar refractivity (Wildman–Crippen MR) is 88.5 cm³/mol. The Labute approximate surface area is 157 Å². The topological polar surface area (TPSA) is 75.4 Å². The van der Waals surface area contributed by atoms with Gasteiger partial charge in [-0.1, -0.05) is 0 Å². The zero-order valence-electron chi connectivity index (χ0n) is 15.1.